The van der Waals surface area contributed by atoms with E-state index in [9.17, 15) is 4.39 Å². The monoisotopic (exact) mass is 240 g/mol. The maximum Gasteiger partial charge on any atom is 0.224 e. The molecule has 1 aliphatic carbocycles. The number of rotatable bonds is 6. The molecule has 5 nitrogen and oxygen atoms in total. The molecule has 1 fully saturated rings. The van der Waals surface area contributed by atoms with Crippen LogP contribution in [0.2, 0.25) is 0 Å². The van der Waals surface area contributed by atoms with Crippen LogP contribution in [0, 0.1) is 11.2 Å². The highest BCUT2D eigenvalue weighted by molar-refractivity contribution is 5.41. The first kappa shape index (κ1) is 12.0. The molecule has 94 valence electrons. The van der Waals surface area contributed by atoms with Crippen molar-refractivity contribution in [3.05, 3.63) is 12.0 Å². The zero-order valence-corrected chi connectivity index (χ0v) is 9.83. The van der Waals surface area contributed by atoms with Gasteiger partial charge in [-0.05, 0) is 24.7 Å². The van der Waals surface area contributed by atoms with Gasteiger partial charge in [0.1, 0.15) is 0 Å². The Labute approximate surface area is 99.5 Å². The van der Waals surface area contributed by atoms with Gasteiger partial charge in [0, 0.05) is 20.2 Å². The highest BCUT2D eigenvalue weighted by Crippen LogP contribution is 2.48. The van der Waals surface area contributed by atoms with Crippen molar-refractivity contribution in [1.29, 1.82) is 0 Å². The number of nitrogens with one attached hydrogen (secondary N) is 2. The first-order chi connectivity index (χ1) is 8.19. The van der Waals surface area contributed by atoms with Crippen LogP contribution in [-0.2, 0) is 0 Å². The number of aliphatic hydroxyl groups is 1. The van der Waals surface area contributed by atoms with Gasteiger partial charge in [0.25, 0.3) is 0 Å². The summed E-state index contributed by atoms with van der Waals surface area (Å²) in [5.74, 6) is 0.151. The fourth-order valence-corrected chi connectivity index (χ4v) is 1.81. The van der Waals surface area contributed by atoms with Gasteiger partial charge in [-0.2, -0.15) is 4.98 Å². The molecule has 0 aromatic carbocycles. The fourth-order valence-electron chi connectivity index (χ4n) is 1.81. The zero-order valence-electron chi connectivity index (χ0n) is 9.83. The SMILES string of the molecule is CNc1ncc(F)c(NCC2(CCO)CC2)n1. The van der Waals surface area contributed by atoms with Crippen LogP contribution in [0.4, 0.5) is 16.2 Å². The molecule has 0 amide bonds. The lowest BCUT2D eigenvalue weighted by atomic mass is 10.0. The van der Waals surface area contributed by atoms with Gasteiger partial charge in [0.15, 0.2) is 11.6 Å². The van der Waals surface area contributed by atoms with Crippen molar-refractivity contribution in [3.8, 4) is 0 Å². The lowest BCUT2D eigenvalue weighted by molar-refractivity contribution is 0.253. The van der Waals surface area contributed by atoms with Crippen LogP contribution in [0.1, 0.15) is 19.3 Å². The third-order valence-electron chi connectivity index (χ3n) is 3.20. The van der Waals surface area contributed by atoms with E-state index in [4.69, 9.17) is 5.11 Å². The molecule has 1 aromatic rings. The summed E-state index contributed by atoms with van der Waals surface area (Å²) in [5, 5.41) is 14.7. The third kappa shape index (κ3) is 2.82. The molecule has 0 aliphatic heterocycles. The molecule has 17 heavy (non-hydrogen) atoms. The van der Waals surface area contributed by atoms with E-state index >= 15 is 0 Å². The van der Waals surface area contributed by atoms with Crippen molar-refractivity contribution < 1.29 is 9.50 Å². The molecule has 6 heteroatoms. The molecule has 3 N–H and O–H groups in total. The van der Waals surface area contributed by atoms with Gasteiger partial charge in [0.05, 0.1) is 6.20 Å². The first-order valence-electron chi connectivity index (χ1n) is 5.74. The summed E-state index contributed by atoms with van der Waals surface area (Å²) < 4.78 is 13.4. The van der Waals surface area contributed by atoms with Crippen LogP contribution < -0.4 is 10.6 Å². The van der Waals surface area contributed by atoms with Gasteiger partial charge in [-0.15, -0.1) is 0 Å². The summed E-state index contributed by atoms with van der Waals surface area (Å²) in [7, 11) is 1.69. The van der Waals surface area contributed by atoms with Crippen LogP contribution in [0.5, 0.6) is 0 Å². The Hall–Kier alpha value is -1.43. The van der Waals surface area contributed by atoms with Crippen molar-refractivity contribution in [3.63, 3.8) is 0 Å². The minimum atomic E-state index is -0.455. The Bertz CT molecular complexity index is 395. The Balaban J connectivity index is 1.98. The highest BCUT2D eigenvalue weighted by atomic mass is 19.1. The van der Waals surface area contributed by atoms with Crippen LogP contribution in [-0.4, -0.2) is 35.3 Å². The number of nitrogens with zero attached hydrogens (tertiary/aromatic N) is 2. The molecular formula is C11H17FN4O. The largest absolute Gasteiger partial charge is 0.396 e. The van der Waals surface area contributed by atoms with E-state index in [2.05, 4.69) is 20.6 Å². The second kappa shape index (κ2) is 4.83. The van der Waals surface area contributed by atoms with Gasteiger partial charge in [-0.3, -0.25) is 0 Å². The number of hydrogen-bond acceptors (Lipinski definition) is 5. The summed E-state index contributed by atoms with van der Waals surface area (Å²) >= 11 is 0. The number of hydrogen-bond donors (Lipinski definition) is 3. The molecule has 0 spiro atoms. The van der Waals surface area contributed by atoms with E-state index in [1.807, 2.05) is 0 Å². The van der Waals surface area contributed by atoms with Gasteiger partial charge in [-0.25, -0.2) is 9.37 Å². The predicted octanol–water partition coefficient (Wildman–Crippen LogP) is 1.23. The van der Waals surface area contributed by atoms with Gasteiger partial charge >= 0.3 is 0 Å². The van der Waals surface area contributed by atoms with Crippen molar-refractivity contribution in [1.82, 2.24) is 9.97 Å². The van der Waals surface area contributed by atoms with Gasteiger partial charge in [-0.1, -0.05) is 0 Å². The van der Waals surface area contributed by atoms with Crippen LogP contribution in [0.15, 0.2) is 6.20 Å². The standard InChI is InChI=1S/C11H17FN4O/c1-13-10-14-6-8(12)9(16-10)15-7-11(2-3-11)4-5-17/h6,17H,2-5,7H2,1H3,(H2,13,14,15,16). The first-order valence-corrected chi connectivity index (χ1v) is 5.74. The molecule has 1 aromatic heterocycles. The lowest BCUT2D eigenvalue weighted by Gasteiger charge is -2.15. The van der Waals surface area contributed by atoms with Crippen molar-refractivity contribution in [2.24, 2.45) is 5.41 Å². The molecular weight excluding hydrogens is 223 g/mol. The zero-order chi connectivity index (χ0) is 12.3. The summed E-state index contributed by atoms with van der Waals surface area (Å²) in [6.45, 7) is 0.820. The molecule has 1 aliphatic rings. The normalized spacial score (nSPS) is 16.6. The van der Waals surface area contributed by atoms with E-state index in [-0.39, 0.29) is 17.8 Å². The number of anilines is 2. The third-order valence-corrected chi connectivity index (χ3v) is 3.20. The van der Waals surface area contributed by atoms with Gasteiger partial charge in [0.2, 0.25) is 5.95 Å². The van der Waals surface area contributed by atoms with Gasteiger partial charge < -0.3 is 15.7 Å². The molecule has 1 saturated carbocycles. The quantitative estimate of drug-likeness (QED) is 0.697. The Morgan fingerprint density at radius 3 is 2.88 bits per heavy atom. The second-order valence-corrected chi connectivity index (χ2v) is 4.47. The molecule has 2 rings (SSSR count). The van der Waals surface area contributed by atoms with Crippen molar-refractivity contribution >= 4 is 11.8 Å². The van der Waals surface area contributed by atoms with Crippen LogP contribution in [0.3, 0.4) is 0 Å². The summed E-state index contributed by atoms with van der Waals surface area (Å²) in [4.78, 5) is 7.79. The summed E-state index contributed by atoms with van der Waals surface area (Å²) in [5.41, 5.74) is 0.131. The van der Waals surface area contributed by atoms with E-state index in [1.54, 1.807) is 7.05 Å². The Morgan fingerprint density at radius 2 is 2.29 bits per heavy atom. The molecule has 0 radical (unpaired) electrons. The van der Waals surface area contributed by atoms with Crippen molar-refractivity contribution in [2.75, 3.05) is 30.8 Å². The number of aliphatic hydroxyl groups excluding tert-OH is 1. The Kier molecular flexibility index (Phi) is 3.42. The maximum absolute atomic E-state index is 13.4. The molecule has 0 atom stereocenters. The smallest absolute Gasteiger partial charge is 0.224 e. The lowest BCUT2D eigenvalue weighted by Crippen LogP contribution is -2.18. The van der Waals surface area contributed by atoms with Crippen LogP contribution in [0.25, 0.3) is 0 Å². The maximum atomic E-state index is 13.4. The summed E-state index contributed by atoms with van der Waals surface area (Å²) in [6.07, 6.45) is 4.05. The minimum absolute atomic E-state index is 0.131. The summed E-state index contributed by atoms with van der Waals surface area (Å²) in [6, 6.07) is 0. The highest BCUT2D eigenvalue weighted by Gasteiger charge is 2.41. The average Bonchev–Trinajstić information content (AvgIpc) is 3.09. The van der Waals surface area contributed by atoms with E-state index in [0.717, 1.165) is 25.5 Å². The van der Waals surface area contributed by atoms with Crippen molar-refractivity contribution in [2.45, 2.75) is 19.3 Å². The minimum Gasteiger partial charge on any atom is -0.396 e. The molecule has 0 unspecified atom stereocenters. The van der Waals surface area contributed by atoms with E-state index < -0.39 is 5.82 Å². The second-order valence-electron chi connectivity index (χ2n) is 4.47. The molecule has 1 heterocycles. The predicted molar refractivity (Wildman–Crippen MR) is 63.4 cm³/mol. The fraction of sp³-hybridized carbons (Fsp3) is 0.636. The van der Waals surface area contributed by atoms with E-state index in [0.29, 0.717) is 12.5 Å². The molecule has 0 saturated heterocycles. The topological polar surface area (TPSA) is 70.1 Å². The average molecular weight is 240 g/mol. The van der Waals surface area contributed by atoms with Crippen LogP contribution >= 0.6 is 0 Å². The number of aromatic nitrogens is 2. The number of halogens is 1. The Morgan fingerprint density at radius 1 is 1.53 bits per heavy atom. The van der Waals surface area contributed by atoms with E-state index in [1.165, 1.54) is 0 Å². The molecule has 0 bridgehead atoms.